The van der Waals surface area contributed by atoms with E-state index < -0.39 is 0 Å². The third-order valence-electron chi connectivity index (χ3n) is 3.88. The van der Waals surface area contributed by atoms with Crippen molar-refractivity contribution >= 4 is 11.6 Å². The Kier molecular flexibility index (Phi) is 3.14. The maximum Gasteiger partial charge on any atom is 0.245 e. The largest absolute Gasteiger partial charge is 0.335 e. The van der Waals surface area contributed by atoms with Crippen molar-refractivity contribution in [2.45, 2.75) is 45.2 Å². The Hall–Kier alpha value is -1.62. The first kappa shape index (κ1) is 12.4. The molecule has 0 spiro atoms. The van der Waals surface area contributed by atoms with Crippen molar-refractivity contribution in [2.75, 3.05) is 11.4 Å². The summed E-state index contributed by atoms with van der Waals surface area (Å²) in [6, 6.07) is 4.57. The van der Waals surface area contributed by atoms with E-state index >= 15 is 0 Å². The molecule has 5 heteroatoms. The summed E-state index contributed by atoms with van der Waals surface area (Å²) in [4.78, 5) is 6.91. The van der Waals surface area contributed by atoms with Crippen LogP contribution >= 0.6 is 0 Å². The summed E-state index contributed by atoms with van der Waals surface area (Å²) in [7, 11) is 0. The number of rotatable bonds is 2. The molecule has 19 heavy (non-hydrogen) atoms. The molecule has 3 rings (SSSR count). The monoisotopic (exact) mass is 259 g/mol. The van der Waals surface area contributed by atoms with Gasteiger partial charge in [0.1, 0.15) is 0 Å². The third kappa shape index (κ3) is 2.30. The smallest absolute Gasteiger partial charge is 0.245 e. The molecule has 1 fully saturated rings. The number of nitrogens with two attached hydrogens (primary N) is 1. The second-order valence-corrected chi connectivity index (χ2v) is 5.54. The highest BCUT2D eigenvalue weighted by atomic mass is 15.4. The van der Waals surface area contributed by atoms with Crippen LogP contribution in [-0.2, 0) is 0 Å². The number of fused-ring (bicyclic) bond motifs is 1. The van der Waals surface area contributed by atoms with E-state index in [1.807, 2.05) is 16.8 Å². The molecule has 2 atom stereocenters. The van der Waals surface area contributed by atoms with E-state index in [-0.39, 0.29) is 6.04 Å². The standard InChI is InChI=1S/C14H21N5/c1-10-6-7-13-16-14(17-19(13)9-10)18-8-4-3-5-12(18)11(2)15/h6-7,9,11-12H,3-5,8,15H2,1-2H3. The van der Waals surface area contributed by atoms with E-state index in [2.05, 4.69) is 34.9 Å². The molecule has 0 saturated carbocycles. The summed E-state index contributed by atoms with van der Waals surface area (Å²) < 4.78 is 1.86. The number of hydrogen-bond donors (Lipinski definition) is 1. The van der Waals surface area contributed by atoms with Crippen LogP contribution < -0.4 is 10.6 Å². The topological polar surface area (TPSA) is 59.5 Å². The lowest BCUT2D eigenvalue weighted by atomic mass is 9.97. The highest BCUT2D eigenvalue weighted by Crippen LogP contribution is 2.24. The minimum Gasteiger partial charge on any atom is -0.335 e. The fraction of sp³-hybridized carbons (Fsp3) is 0.571. The van der Waals surface area contributed by atoms with E-state index in [0.717, 1.165) is 24.6 Å². The molecule has 102 valence electrons. The van der Waals surface area contributed by atoms with Crippen LogP contribution in [0.5, 0.6) is 0 Å². The van der Waals surface area contributed by atoms with Gasteiger partial charge in [0.15, 0.2) is 5.65 Å². The number of nitrogens with zero attached hydrogens (tertiary/aromatic N) is 4. The normalized spacial score (nSPS) is 21.8. The third-order valence-corrected chi connectivity index (χ3v) is 3.88. The number of piperidine rings is 1. The lowest BCUT2D eigenvalue weighted by molar-refractivity contribution is 0.408. The average Bonchev–Trinajstić information content (AvgIpc) is 2.81. The molecule has 0 aromatic carbocycles. The van der Waals surface area contributed by atoms with E-state index in [9.17, 15) is 0 Å². The summed E-state index contributed by atoms with van der Waals surface area (Å²) in [5, 5.41) is 4.61. The van der Waals surface area contributed by atoms with Gasteiger partial charge in [-0.25, -0.2) is 4.52 Å². The van der Waals surface area contributed by atoms with Gasteiger partial charge in [-0.1, -0.05) is 6.07 Å². The second-order valence-electron chi connectivity index (χ2n) is 5.54. The Labute approximate surface area is 113 Å². The van der Waals surface area contributed by atoms with Gasteiger partial charge in [0.25, 0.3) is 0 Å². The highest BCUT2D eigenvalue weighted by Gasteiger charge is 2.28. The van der Waals surface area contributed by atoms with E-state index in [4.69, 9.17) is 5.73 Å². The maximum absolute atomic E-state index is 6.11. The summed E-state index contributed by atoms with van der Waals surface area (Å²) >= 11 is 0. The molecule has 2 aromatic heterocycles. The lowest BCUT2D eigenvalue weighted by Crippen LogP contribution is -2.49. The first-order valence-corrected chi connectivity index (χ1v) is 7.00. The molecule has 1 saturated heterocycles. The Morgan fingerprint density at radius 2 is 2.21 bits per heavy atom. The predicted molar refractivity (Wildman–Crippen MR) is 76.4 cm³/mol. The molecule has 0 bridgehead atoms. The molecule has 0 radical (unpaired) electrons. The number of aromatic nitrogens is 3. The lowest BCUT2D eigenvalue weighted by Gasteiger charge is -2.37. The van der Waals surface area contributed by atoms with Crippen molar-refractivity contribution < 1.29 is 0 Å². The van der Waals surface area contributed by atoms with E-state index in [1.54, 1.807) is 0 Å². The SMILES string of the molecule is Cc1ccc2nc(N3CCCCC3C(C)N)nn2c1. The number of aryl methyl sites for hydroxylation is 1. The fourth-order valence-electron chi connectivity index (χ4n) is 2.85. The summed E-state index contributed by atoms with van der Waals surface area (Å²) in [6.45, 7) is 5.14. The van der Waals surface area contributed by atoms with Crippen LogP contribution in [0.3, 0.4) is 0 Å². The van der Waals surface area contributed by atoms with Gasteiger partial charge in [0.2, 0.25) is 5.95 Å². The van der Waals surface area contributed by atoms with Crippen LogP contribution in [0.2, 0.25) is 0 Å². The average molecular weight is 259 g/mol. The van der Waals surface area contributed by atoms with Gasteiger partial charge in [-0.3, -0.25) is 0 Å². The number of pyridine rings is 1. The zero-order valence-electron chi connectivity index (χ0n) is 11.6. The van der Waals surface area contributed by atoms with Crippen LogP contribution in [0.15, 0.2) is 18.3 Å². The van der Waals surface area contributed by atoms with Crippen molar-refractivity contribution in [2.24, 2.45) is 5.73 Å². The number of anilines is 1. The molecule has 2 N–H and O–H groups in total. The van der Waals surface area contributed by atoms with Crippen molar-refractivity contribution in [1.82, 2.24) is 14.6 Å². The Morgan fingerprint density at radius 1 is 1.37 bits per heavy atom. The molecular formula is C14H21N5. The zero-order chi connectivity index (χ0) is 13.4. The van der Waals surface area contributed by atoms with Crippen LogP contribution in [0.25, 0.3) is 5.65 Å². The molecule has 5 nitrogen and oxygen atoms in total. The molecule has 0 amide bonds. The van der Waals surface area contributed by atoms with E-state index in [1.165, 1.54) is 18.4 Å². The summed E-state index contributed by atoms with van der Waals surface area (Å²) in [5.41, 5.74) is 8.19. The first-order chi connectivity index (χ1) is 9.15. The quantitative estimate of drug-likeness (QED) is 0.892. The van der Waals surface area contributed by atoms with E-state index in [0.29, 0.717) is 6.04 Å². The number of hydrogen-bond acceptors (Lipinski definition) is 4. The molecule has 0 aliphatic carbocycles. The minimum absolute atomic E-state index is 0.147. The second kappa shape index (κ2) is 4.81. The molecule has 1 aliphatic heterocycles. The van der Waals surface area contributed by atoms with Crippen LogP contribution in [-0.4, -0.2) is 33.2 Å². The summed E-state index contributed by atoms with van der Waals surface area (Å²) in [6.07, 6.45) is 5.58. The highest BCUT2D eigenvalue weighted by molar-refractivity contribution is 5.46. The van der Waals surface area contributed by atoms with Crippen molar-refractivity contribution in [3.63, 3.8) is 0 Å². The van der Waals surface area contributed by atoms with Crippen LogP contribution in [0, 0.1) is 6.92 Å². The molecule has 1 aliphatic rings. The van der Waals surface area contributed by atoms with Crippen molar-refractivity contribution in [3.05, 3.63) is 23.9 Å². The Balaban J connectivity index is 1.97. The van der Waals surface area contributed by atoms with Gasteiger partial charge < -0.3 is 10.6 Å². The minimum atomic E-state index is 0.147. The summed E-state index contributed by atoms with van der Waals surface area (Å²) in [5.74, 6) is 0.813. The van der Waals surface area contributed by atoms with Crippen LogP contribution in [0.1, 0.15) is 31.7 Å². The van der Waals surface area contributed by atoms with Gasteiger partial charge >= 0.3 is 0 Å². The zero-order valence-corrected chi connectivity index (χ0v) is 11.6. The Morgan fingerprint density at radius 3 is 3.00 bits per heavy atom. The predicted octanol–water partition coefficient (Wildman–Crippen LogP) is 1.74. The van der Waals surface area contributed by atoms with Crippen molar-refractivity contribution in [3.8, 4) is 0 Å². The Bertz CT molecular complexity index is 574. The van der Waals surface area contributed by atoms with Gasteiger partial charge in [0.05, 0.1) is 0 Å². The van der Waals surface area contributed by atoms with Crippen molar-refractivity contribution in [1.29, 1.82) is 0 Å². The van der Waals surface area contributed by atoms with Gasteiger partial charge in [-0.2, -0.15) is 4.98 Å². The molecule has 2 unspecified atom stereocenters. The fourth-order valence-corrected chi connectivity index (χ4v) is 2.85. The first-order valence-electron chi connectivity index (χ1n) is 7.00. The van der Waals surface area contributed by atoms with Crippen LogP contribution in [0.4, 0.5) is 5.95 Å². The molecule has 2 aromatic rings. The maximum atomic E-state index is 6.11. The van der Waals surface area contributed by atoms with Gasteiger partial charge in [-0.15, -0.1) is 5.10 Å². The van der Waals surface area contributed by atoms with Gasteiger partial charge in [-0.05, 0) is 44.7 Å². The molecule has 3 heterocycles. The molecular weight excluding hydrogens is 238 g/mol. The van der Waals surface area contributed by atoms with Gasteiger partial charge in [0, 0.05) is 24.8 Å².